The molecule has 2 aliphatic rings. The number of halogens is 2. The first-order valence-electron chi connectivity index (χ1n) is 7.47. The van der Waals surface area contributed by atoms with Crippen molar-refractivity contribution in [1.29, 1.82) is 0 Å². The molecule has 1 N–H and O–H groups in total. The van der Waals surface area contributed by atoms with E-state index in [1.807, 2.05) is 4.90 Å². The number of benzene rings is 1. The summed E-state index contributed by atoms with van der Waals surface area (Å²) >= 11 is 0. The number of alkyl halides is 2. The second-order valence-corrected chi connectivity index (χ2v) is 6.10. The van der Waals surface area contributed by atoms with Crippen LogP contribution >= 0.6 is 0 Å². The van der Waals surface area contributed by atoms with Crippen molar-refractivity contribution in [3.8, 4) is 5.75 Å². The maximum Gasteiger partial charge on any atom is 0.387 e. The molecule has 122 valence electrons. The fourth-order valence-electron chi connectivity index (χ4n) is 3.58. The summed E-state index contributed by atoms with van der Waals surface area (Å²) in [5.74, 6) is -0.142. The van der Waals surface area contributed by atoms with Crippen molar-refractivity contribution >= 4 is 16.8 Å². The Morgan fingerprint density at radius 2 is 2.22 bits per heavy atom. The van der Waals surface area contributed by atoms with Gasteiger partial charge in [0.15, 0.2) is 5.69 Å². The third kappa shape index (κ3) is 2.33. The van der Waals surface area contributed by atoms with Gasteiger partial charge in [-0.15, -0.1) is 0 Å². The zero-order valence-corrected chi connectivity index (χ0v) is 12.5. The Morgan fingerprint density at radius 3 is 2.87 bits per heavy atom. The van der Waals surface area contributed by atoms with E-state index in [9.17, 15) is 13.6 Å². The molecule has 2 aromatic rings. The maximum atomic E-state index is 12.8. The topological polar surface area (TPSA) is 61.5 Å². The molecular formula is C15H16F2N4O2. The monoisotopic (exact) mass is 322 g/mol. The molecule has 1 amide bonds. The van der Waals surface area contributed by atoms with E-state index in [2.05, 4.69) is 26.9 Å². The van der Waals surface area contributed by atoms with Gasteiger partial charge in [0.2, 0.25) is 0 Å². The Morgan fingerprint density at radius 1 is 1.39 bits per heavy atom. The van der Waals surface area contributed by atoms with E-state index >= 15 is 0 Å². The quantitative estimate of drug-likeness (QED) is 0.934. The number of ether oxygens (including phenoxy) is 1. The number of rotatable bonds is 3. The summed E-state index contributed by atoms with van der Waals surface area (Å²) in [6.45, 7) is -1.36. The van der Waals surface area contributed by atoms with Gasteiger partial charge in [-0.1, -0.05) is 0 Å². The van der Waals surface area contributed by atoms with Gasteiger partial charge < -0.3 is 9.64 Å². The van der Waals surface area contributed by atoms with Gasteiger partial charge in [-0.2, -0.15) is 13.9 Å². The molecule has 8 heteroatoms. The molecule has 2 unspecified atom stereocenters. The number of hydrogen-bond acceptors (Lipinski definition) is 4. The Balaban J connectivity index is 1.64. The maximum absolute atomic E-state index is 12.8. The van der Waals surface area contributed by atoms with Crippen LogP contribution in [0.1, 0.15) is 16.9 Å². The third-order valence-electron chi connectivity index (χ3n) is 4.74. The van der Waals surface area contributed by atoms with Crippen LogP contribution < -0.4 is 4.74 Å². The van der Waals surface area contributed by atoms with Crippen LogP contribution in [0.4, 0.5) is 8.78 Å². The number of carbonyl (C=O) groups excluding carboxylic acids is 1. The molecule has 2 saturated heterocycles. The van der Waals surface area contributed by atoms with Crippen molar-refractivity contribution in [2.24, 2.45) is 0 Å². The number of likely N-dealkylation sites (tertiary alicyclic amines) is 2. The molecule has 6 nitrogen and oxygen atoms in total. The van der Waals surface area contributed by atoms with Gasteiger partial charge in [0.05, 0.1) is 5.52 Å². The van der Waals surface area contributed by atoms with Crippen molar-refractivity contribution in [3.05, 3.63) is 23.9 Å². The number of fused-ring (bicyclic) bond motifs is 3. The highest BCUT2D eigenvalue weighted by molar-refractivity contribution is 6.05. The van der Waals surface area contributed by atoms with Crippen molar-refractivity contribution in [2.45, 2.75) is 25.1 Å². The number of aromatic nitrogens is 2. The molecular weight excluding hydrogens is 306 g/mol. The molecule has 1 aromatic heterocycles. The smallest absolute Gasteiger partial charge is 0.387 e. The molecule has 0 saturated carbocycles. The van der Waals surface area contributed by atoms with Crippen molar-refractivity contribution in [1.82, 2.24) is 20.0 Å². The fourth-order valence-corrected chi connectivity index (χ4v) is 3.58. The van der Waals surface area contributed by atoms with E-state index in [0.29, 0.717) is 23.5 Å². The van der Waals surface area contributed by atoms with E-state index < -0.39 is 6.61 Å². The largest absolute Gasteiger partial charge is 0.435 e. The highest BCUT2D eigenvalue weighted by Gasteiger charge is 2.44. The van der Waals surface area contributed by atoms with Crippen molar-refractivity contribution in [2.75, 3.05) is 20.1 Å². The average molecular weight is 322 g/mol. The number of piperazine rings is 1. The predicted molar refractivity (Wildman–Crippen MR) is 78.6 cm³/mol. The molecule has 2 aliphatic heterocycles. The molecule has 0 aliphatic carbocycles. The molecule has 2 fully saturated rings. The molecule has 1 aromatic carbocycles. The van der Waals surface area contributed by atoms with E-state index in [4.69, 9.17) is 0 Å². The molecule has 2 atom stereocenters. The minimum absolute atomic E-state index is 0.0191. The third-order valence-corrected chi connectivity index (χ3v) is 4.74. The van der Waals surface area contributed by atoms with Gasteiger partial charge in [0.25, 0.3) is 5.91 Å². The van der Waals surface area contributed by atoms with Gasteiger partial charge in [-0.25, -0.2) is 0 Å². The number of H-pyrrole nitrogens is 1. The Labute approximate surface area is 131 Å². The predicted octanol–water partition coefficient (Wildman–Crippen LogP) is 1.69. The average Bonchev–Trinajstić information content (AvgIpc) is 3.18. The first-order valence-corrected chi connectivity index (χ1v) is 7.47. The molecule has 0 radical (unpaired) electrons. The first-order chi connectivity index (χ1) is 11.0. The number of aromatic amines is 1. The molecule has 23 heavy (non-hydrogen) atoms. The number of nitrogens with zero attached hydrogens (tertiary/aromatic N) is 3. The summed E-state index contributed by atoms with van der Waals surface area (Å²) < 4.78 is 29.1. The summed E-state index contributed by atoms with van der Waals surface area (Å²) in [5, 5.41) is 7.37. The van der Waals surface area contributed by atoms with Crippen molar-refractivity contribution in [3.63, 3.8) is 0 Å². The van der Waals surface area contributed by atoms with Crippen LogP contribution in [0.3, 0.4) is 0 Å². The van der Waals surface area contributed by atoms with Crippen LogP contribution in [0.15, 0.2) is 18.2 Å². The summed E-state index contributed by atoms with van der Waals surface area (Å²) in [4.78, 5) is 16.9. The summed E-state index contributed by atoms with van der Waals surface area (Å²) in [7, 11) is 2.06. The lowest BCUT2D eigenvalue weighted by atomic mass is 10.1. The number of carbonyl (C=O) groups is 1. The molecule has 4 rings (SSSR count). The van der Waals surface area contributed by atoms with Crippen LogP contribution in [-0.2, 0) is 0 Å². The summed E-state index contributed by atoms with van der Waals surface area (Å²) in [6.07, 6.45) is 0.977. The lowest BCUT2D eigenvalue weighted by molar-refractivity contribution is -0.0497. The number of hydrogen-bond donors (Lipinski definition) is 1. The lowest BCUT2D eigenvalue weighted by Crippen LogP contribution is -2.47. The normalized spacial score (nSPS) is 24.1. The van der Waals surface area contributed by atoms with Gasteiger partial charge in [-0.05, 0) is 31.7 Å². The van der Waals surface area contributed by atoms with Crippen LogP contribution in [0, 0.1) is 0 Å². The Hall–Kier alpha value is -2.22. The Kier molecular flexibility index (Phi) is 3.22. The fraction of sp³-hybridized carbons (Fsp3) is 0.467. The van der Waals surface area contributed by atoms with Crippen LogP contribution in [0.2, 0.25) is 0 Å². The second-order valence-electron chi connectivity index (χ2n) is 6.10. The standard InChI is InChI=1S/C15H16F2N4O2/c1-20-6-9-4-8(20)7-21(9)14(22)13-11-5-10(23-15(16)17)2-3-12(11)18-19-13/h2-3,5,8-9,15H,4,6-7H2,1H3,(H,18,19). The van der Waals surface area contributed by atoms with Crippen molar-refractivity contribution < 1.29 is 18.3 Å². The van der Waals surface area contributed by atoms with E-state index in [0.717, 1.165) is 13.0 Å². The number of nitrogens with one attached hydrogen (secondary N) is 1. The summed E-state index contributed by atoms with van der Waals surface area (Å²) in [5.41, 5.74) is 0.881. The van der Waals surface area contributed by atoms with Gasteiger partial charge in [0.1, 0.15) is 5.75 Å². The number of likely N-dealkylation sites (N-methyl/N-ethyl adjacent to an activating group) is 1. The molecule has 3 heterocycles. The van der Waals surface area contributed by atoms with E-state index in [1.165, 1.54) is 12.1 Å². The lowest BCUT2D eigenvalue weighted by Gasteiger charge is -2.31. The SMILES string of the molecule is CN1CC2CC1CN2C(=O)c1n[nH]c2ccc(OC(F)F)cc12. The van der Waals surface area contributed by atoms with Gasteiger partial charge in [-0.3, -0.25) is 14.8 Å². The zero-order chi connectivity index (χ0) is 16.1. The van der Waals surface area contributed by atoms with E-state index in [-0.39, 0.29) is 23.4 Å². The second kappa shape index (κ2) is 5.16. The van der Waals surface area contributed by atoms with E-state index in [1.54, 1.807) is 6.07 Å². The molecule has 0 spiro atoms. The highest BCUT2D eigenvalue weighted by Crippen LogP contribution is 2.32. The minimum Gasteiger partial charge on any atom is -0.435 e. The van der Waals surface area contributed by atoms with Crippen LogP contribution in [0.25, 0.3) is 10.9 Å². The first kappa shape index (κ1) is 14.4. The zero-order valence-electron chi connectivity index (χ0n) is 12.5. The summed E-state index contributed by atoms with van der Waals surface area (Å²) in [6, 6.07) is 5.03. The Bertz CT molecular complexity index is 761. The minimum atomic E-state index is -2.90. The van der Waals surface area contributed by atoms with Gasteiger partial charge in [0, 0.05) is 30.6 Å². The van der Waals surface area contributed by atoms with Gasteiger partial charge >= 0.3 is 6.61 Å². The van der Waals surface area contributed by atoms with Crippen LogP contribution in [-0.4, -0.2) is 64.7 Å². The number of amides is 1. The van der Waals surface area contributed by atoms with Crippen LogP contribution in [0.5, 0.6) is 5.75 Å². The molecule has 2 bridgehead atoms. The highest BCUT2D eigenvalue weighted by atomic mass is 19.3.